The van der Waals surface area contributed by atoms with Crippen LogP contribution in [0.2, 0.25) is 0 Å². The van der Waals surface area contributed by atoms with E-state index in [4.69, 9.17) is 15.9 Å². The van der Waals surface area contributed by atoms with E-state index < -0.39 is 16.7 Å². The molecule has 0 aromatic rings. The zero-order valence-corrected chi connectivity index (χ0v) is 13.2. The highest BCUT2D eigenvalue weighted by Crippen LogP contribution is 2.47. The van der Waals surface area contributed by atoms with E-state index >= 15 is 0 Å². The van der Waals surface area contributed by atoms with Crippen molar-refractivity contribution in [1.82, 2.24) is 0 Å². The minimum atomic E-state index is -1.21. The van der Waals surface area contributed by atoms with Crippen molar-refractivity contribution in [2.45, 2.75) is 27.3 Å². The molecule has 0 aliphatic carbocycles. The van der Waals surface area contributed by atoms with Crippen molar-refractivity contribution in [3.05, 3.63) is 0 Å². The summed E-state index contributed by atoms with van der Waals surface area (Å²) in [4.78, 5) is 22.8. The molecule has 5 nitrogen and oxygen atoms in total. The van der Waals surface area contributed by atoms with Crippen LogP contribution < -0.4 is 0 Å². The van der Waals surface area contributed by atoms with Crippen LogP contribution in [0, 0.1) is 23.7 Å². The van der Waals surface area contributed by atoms with Crippen LogP contribution in [0.15, 0.2) is 0 Å². The van der Waals surface area contributed by atoms with Crippen LogP contribution in [0.5, 0.6) is 0 Å². The summed E-state index contributed by atoms with van der Waals surface area (Å²) in [6.45, 7) is 2.01. The Labute approximate surface area is 129 Å². The van der Waals surface area contributed by atoms with Crippen LogP contribution in [0.25, 0.3) is 0 Å². The van der Waals surface area contributed by atoms with Crippen LogP contribution in [0.1, 0.15) is 13.3 Å². The topological polar surface area (TPSA) is 76.4 Å². The molecule has 3 atom stereocenters. The maximum Gasteiger partial charge on any atom is 0.384 e. The van der Waals surface area contributed by atoms with Gasteiger partial charge in [-0.25, -0.2) is 9.59 Å². The summed E-state index contributed by atoms with van der Waals surface area (Å²) < 4.78 is 8.61. The first-order chi connectivity index (χ1) is 8.99. The molecule has 1 aliphatic rings. The lowest BCUT2D eigenvalue weighted by Crippen LogP contribution is -2.33. The van der Waals surface area contributed by atoms with Crippen molar-refractivity contribution in [2.24, 2.45) is 0 Å². The van der Waals surface area contributed by atoms with Gasteiger partial charge >= 0.3 is 11.9 Å². The molecule has 0 radical (unpaired) electrons. The number of hydrogen-bond acceptors (Lipinski definition) is 6. The van der Waals surface area contributed by atoms with Gasteiger partial charge in [-0.1, -0.05) is 22.6 Å². The lowest BCUT2D eigenvalue weighted by Gasteiger charge is -2.17. The molecule has 102 valence electrons. The Balaban J connectivity index is 2.71. The van der Waals surface area contributed by atoms with Crippen molar-refractivity contribution >= 4 is 46.3 Å². The molecule has 1 heterocycles. The maximum absolute atomic E-state index is 11.9. The molecule has 0 spiro atoms. The number of nitriles is 1. The predicted molar refractivity (Wildman–Crippen MR) is 78.6 cm³/mol. The van der Waals surface area contributed by atoms with Crippen LogP contribution in [0.4, 0.5) is 0 Å². The van der Waals surface area contributed by atoms with E-state index in [0.29, 0.717) is 6.42 Å². The Hall–Kier alpha value is -0.930. The molecular formula is C12H12INO4S. The number of carbonyl (C=O) groups is 2. The van der Waals surface area contributed by atoms with E-state index in [0.717, 1.165) is 0 Å². The summed E-state index contributed by atoms with van der Waals surface area (Å²) in [6, 6.07) is 2.03. The number of ether oxygens (including phenoxy) is 2. The second-order valence-corrected chi connectivity index (χ2v) is 6.92. The first-order valence-electron chi connectivity index (χ1n) is 5.52. The average Bonchev–Trinajstić information content (AvgIpc) is 2.74. The summed E-state index contributed by atoms with van der Waals surface area (Å²) in [5, 5.41) is 9.11. The highest BCUT2D eigenvalue weighted by molar-refractivity contribution is 14.1. The first kappa shape index (κ1) is 16.1. The normalized spacial score (nSPS) is 29.1. The standard InChI is InChI=1S/C12H12INO4S/c1-3-10(15)18-6-9-8(13)5-12(7-14,19-9)11(16)17-4-2/h1,8-9H,4-6H2,2H3/t8-,9-,12+/m0/s1. The lowest BCUT2D eigenvalue weighted by molar-refractivity contribution is -0.144. The van der Waals surface area contributed by atoms with E-state index in [9.17, 15) is 14.9 Å². The number of rotatable bonds is 4. The monoisotopic (exact) mass is 393 g/mol. The van der Waals surface area contributed by atoms with E-state index in [1.54, 1.807) is 6.92 Å². The smallest absolute Gasteiger partial charge is 0.384 e. The summed E-state index contributed by atoms with van der Waals surface area (Å²) in [5.41, 5.74) is 0. The number of alkyl halides is 1. The highest BCUT2D eigenvalue weighted by Gasteiger charge is 2.52. The van der Waals surface area contributed by atoms with Crippen LogP contribution in [-0.2, 0) is 19.1 Å². The third-order valence-electron chi connectivity index (χ3n) is 2.52. The molecule has 0 N–H and O–H groups in total. The van der Waals surface area contributed by atoms with Gasteiger partial charge in [-0.3, -0.25) is 0 Å². The van der Waals surface area contributed by atoms with Gasteiger partial charge in [0.2, 0.25) is 4.75 Å². The molecule has 0 bridgehead atoms. The Morgan fingerprint density at radius 2 is 2.26 bits per heavy atom. The lowest BCUT2D eigenvalue weighted by atomic mass is 10.0. The Morgan fingerprint density at radius 1 is 1.58 bits per heavy atom. The molecule has 0 aromatic carbocycles. The number of nitrogens with zero attached hydrogens (tertiary/aromatic N) is 1. The fourth-order valence-corrected chi connectivity index (χ4v) is 4.61. The zero-order chi connectivity index (χ0) is 14.5. The third kappa shape index (κ3) is 3.77. The van der Waals surface area contributed by atoms with Gasteiger partial charge in [-0.2, -0.15) is 5.26 Å². The number of thioether (sulfide) groups is 1. The fraction of sp³-hybridized carbons (Fsp3) is 0.583. The number of esters is 2. The minimum Gasteiger partial charge on any atom is -0.464 e. The van der Waals surface area contributed by atoms with E-state index in [1.165, 1.54) is 11.8 Å². The van der Waals surface area contributed by atoms with Gasteiger partial charge in [0.1, 0.15) is 6.61 Å². The second-order valence-electron chi connectivity index (χ2n) is 3.78. The van der Waals surface area contributed by atoms with Gasteiger partial charge < -0.3 is 9.47 Å². The molecule has 19 heavy (non-hydrogen) atoms. The first-order valence-corrected chi connectivity index (χ1v) is 7.65. The minimum absolute atomic E-state index is 0.0252. The fourth-order valence-electron chi connectivity index (χ4n) is 1.62. The molecule has 1 saturated heterocycles. The summed E-state index contributed by atoms with van der Waals surface area (Å²) in [6.07, 6.45) is 5.27. The molecule has 1 fully saturated rings. The van der Waals surface area contributed by atoms with E-state index in [1.807, 2.05) is 12.0 Å². The van der Waals surface area contributed by atoms with Crippen molar-refractivity contribution in [2.75, 3.05) is 13.2 Å². The summed E-state index contributed by atoms with van der Waals surface area (Å²) in [7, 11) is 0. The number of terminal acetylenes is 1. The van der Waals surface area contributed by atoms with Crippen LogP contribution >= 0.6 is 34.4 Å². The SMILES string of the molecule is C#CC(=O)OC[C@@H]1S[C@](C#N)(C(=O)OCC)C[C@@H]1I. The van der Waals surface area contributed by atoms with E-state index in [2.05, 4.69) is 22.6 Å². The highest BCUT2D eigenvalue weighted by atomic mass is 127. The van der Waals surface area contributed by atoms with Crippen molar-refractivity contribution < 1.29 is 19.1 Å². The summed E-state index contributed by atoms with van der Waals surface area (Å²) >= 11 is 3.32. The molecule has 1 rings (SSSR count). The maximum atomic E-state index is 11.9. The van der Waals surface area contributed by atoms with Crippen LogP contribution in [0.3, 0.4) is 0 Å². The molecular weight excluding hydrogens is 381 g/mol. The number of hydrogen-bond donors (Lipinski definition) is 0. The van der Waals surface area contributed by atoms with Gasteiger partial charge in [-0.05, 0) is 13.3 Å². The predicted octanol–water partition coefficient (Wildman–Crippen LogP) is 1.30. The van der Waals surface area contributed by atoms with Gasteiger partial charge in [0.05, 0.1) is 17.9 Å². The number of carbonyl (C=O) groups excluding carboxylic acids is 2. The molecule has 0 unspecified atom stereocenters. The Kier molecular flexibility index (Phi) is 5.95. The van der Waals surface area contributed by atoms with Gasteiger partial charge in [0.25, 0.3) is 0 Å². The van der Waals surface area contributed by atoms with Gasteiger partial charge in [0.15, 0.2) is 0 Å². The molecule has 1 aliphatic heterocycles. The van der Waals surface area contributed by atoms with Crippen LogP contribution in [-0.4, -0.2) is 39.1 Å². The molecule has 0 saturated carbocycles. The zero-order valence-electron chi connectivity index (χ0n) is 10.2. The average molecular weight is 393 g/mol. The van der Waals surface area contributed by atoms with Crippen molar-refractivity contribution in [1.29, 1.82) is 5.26 Å². The Morgan fingerprint density at radius 3 is 2.79 bits per heavy atom. The summed E-state index contributed by atoms with van der Waals surface area (Å²) in [5.74, 6) is 0.579. The van der Waals surface area contributed by atoms with Gasteiger partial charge in [0, 0.05) is 9.85 Å². The molecule has 0 aromatic heterocycles. The largest absolute Gasteiger partial charge is 0.464 e. The number of halogens is 1. The third-order valence-corrected chi connectivity index (χ3v) is 5.91. The van der Waals surface area contributed by atoms with Gasteiger partial charge in [-0.15, -0.1) is 18.2 Å². The van der Waals surface area contributed by atoms with E-state index in [-0.39, 0.29) is 22.4 Å². The molecule has 7 heteroatoms. The Bertz CT molecular complexity index is 456. The molecule has 0 amide bonds. The quantitative estimate of drug-likeness (QED) is 0.236. The van der Waals surface area contributed by atoms with Crippen molar-refractivity contribution in [3.63, 3.8) is 0 Å². The second kappa shape index (κ2) is 7.01. The van der Waals surface area contributed by atoms with Crippen molar-refractivity contribution in [3.8, 4) is 18.4 Å².